The van der Waals surface area contributed by atoms with Crippen LogP contribution in [0.3, 0.4) is 0 Å². The lowest BCUT2D eigenvalue weighted by atomic mass is 10.1. The summed E-state index contributed by atoms with van der Waals surface area (Å²) in [5.74, 6) is 1.17. The number of aliphatic hydroxyl groups excluding tert-OH is 1. The number of methoxy groups -OCH3 is 1. The highest BCUT2D eigenvalue weighted by Gasteiger charge is 2.08. The zero-order valence-corrected chi connectivity index (χ0v) is 10.2. The molecule has 17 heavy (non-hydrogen) atoms. The Morgan fingerprint density at radius 3 is 2.65 bits per heavy atom. The highest BCUT2D eigenvalue weighted by molar-refractivity contribution is 5.94. The molecular formula is C13H18O4. The fourth-order valence-electron chi connectivity index (χ4n) is 1.40. The predicted molar refractivity (Wildman–Crippen MR) is 64.8 cm³/mol. The van der Waals surface area contributed by atoms with Crippen molar-refractivity contribution >= 4 is 5.78 Å². The van der Waals surface area contributed by atoms with Gasteiger partial charge in [-0.05, 0) is 38.0 Å². The first-order valence-electron chi connectivity index (χ1n) is 5.61. The summed E-state index contributed by atoms with van der Waals surface area (Å²) >= 11 is 0. The molecule has 0 saturated carbocycles. The second-order valence-corrected chi connectivity index (χ2v) is 3.70. The molecule has 0 fully saturated rings. The summed E-state index contributed by atoms with van der Waals surface area (Å²) in [7, 11) is 1.56. The van der Waals surface area contributed by atoms with Crippen molar-refractivity contribution in [2.75, 3.05) is 20.3 Å². The molecule has 1 rings (SSSR count). The molecule has 0 aliphatic heterocycles. The van der Waals surface area contributed by atoms with Gasteiger partial charge in [0.2, 0.25) is 0 Å². The maximum absolute atomic E-state index is 11.2. The molecule has 0 bridgehead atoms. The fraction of sp³-hybridized carbons (Fsp3) is 0.462. The minimum Gasteiger partial charge on any atom is -0.493 e. The Balaban J connectivity index is 2.72. The molecule has 0 saturated heterocycles. The molecule has 4 heteroatoms. The summed E-state index contributed by atoms with van der Waals surface area (Å²) in [6, 6.07) is 5.11. The third-order valence-electron chi connectivity index (χ3n) is 2.38. The van der Waals surface area contributed by atoms with E-state index in [0.717, 1.165) is 6.42 Å². The Kier molecular flexibility index (Phi) is 5.49. The Morgan fingerprint density at radius 2 is 2.06 bits per heavy atom. The maximum Gasteiger partial charge on any atom is 0.161 e. The number of Topliss-reactive ketones (excluding diaryl/α,β-unsaturated/α-hetero) is 1. The average molecular weight is 238 g/mol. The number of carbonyl (C=O) groups is 1. The summed E-state index contributed by atoms with van der Waals surface area (Å²) in [6.45, 7) is 2.17. The first-order chi connectivity index (χ1) is 8.19. The van der Waals surface area contributed by atoms with Crippen molar-refractivity contribution in [3.05, 3.63) is 23.8 Å². The van der Waals surface area contributed by atoms with Gasteiger partial charge >= 0.3 is 0 Å². The number of benzene rings is 1. The van der Waals surface area contributed by atoms with Gasteiger partial charge in [0.25, 0.3) is 0 Å². The van der Waals surface area contributed by atoms with E-state index in [4.69, 9.17) is 14.6 Å². The zero-order chi connectivity index (χ0) is 12.7. The van der Waals surface area contributed by atoms with E-state index in [1.54, 1.807) is 25.3 Å². The smallest absolute Gasteiger partial charge is 0.161 e. The van der Waals surface area contributed by atoms with Crippen LogP contribution in [0.2, 0.25) is 0 Å². The second kappa shape index (κ2) is 6.91. The second-order valence-electron chi connectivity index (χ2n) is 3.70. The van der Waals surface area contributed by atoms with E-state index in [0.29, 0.717) is 30.1 Å². The minimum atomic E-state index is -0.00661. The predicted octanol–water partition coefficient (Wildman–Crippen LogP) is 2.05. The molecule has 0 amide bonds. The van der Waals surface area contributed by atoms with E-state index in [1.807, 2.05) is 0 Å². The molecule has 0 radical (unpaired) electrons. The number of ketones is 1. The topological polar surface area (TPSA) is 55.8 Å². The van der Waals surface area contributed by atoms with Crippen LogP contribution in [0.4, 0.5) is 0 Å². The summed E-state index contributed by atoms with van der Waals surface area (Å²) < 4.78 is 10.7. The van der Waals surface area contributed by atoms with Crippen LogP contribution in [0.15, 0.2) is 18.2 Å². The monoisotopic (exact) mass is 238 g/mol. The Labute approximate surface area is 101 Å². The lowest BCUT2D eigenvalue weighted by Gasteiger charge is -2.11. The van der Waals surface area contributed by atoms with Gasteiger partial charge in [-0.15, -0.1) is 0 Å². The molecule has 1 aromatic rings. The van der Waals surface area contributed by atoms with Crippen molar-refractivity contribution in [3.8, 4) is 11.5 Å². The summed E-state index contributed by atoms with van der Waals surface area (Å²) in [5.41, 5.74) is 0.600. The summed E-state index contributed by atoms with van der Waals surface area (Å²) in [5, 5.41) is 8.66. The van der Waals surface area contributed by atoms with Gasteiger partial charge in [0.1, 0.15) is 0 Å². The lowest BCUT2D eigenvalue weighted by Crippen LogP contribution is -2.02. The van der Waals surface area contributed by atoms with E-state index in [-0.39, 0.29) is 12.4 Å². The number of rotatable bonds is 7. The molecule has 1 aromatic carbocycles. The molecule has 4 nitrogen and oxygen atoms in total. The molecule has 0 atom stereocenters. The Bertz CT molecular complexity index is 374. The molecular weight excluding hydrogens is 220 g/mol. The van der Waals surface area contributed by atoms with E-state index in [2.05, 4.69) is 0 Å². The van der Waals surface area contributed by atoms with E-state index in [1.165, 1.54) is 6.92 Å². The maximum atomic E-state index is 11.2. The molecule has 0 heterocycles. The number of carbonyl (C=O) groups excluding carboxylic acids is 1. The van der Waals surface area contributed by atoms with Gasteiger partial charge in [-0.2, -0.15) is 0 Å². The normalized spacial score (nSPS) is 10.1. The number of ether oxygens (including phenoxy) is 2. The van der Waals surface area contributed by atoms with Gasteiger partial charge in [0.15, 0.2) is 17.3 Å². The molecule has 0 unspecified atom stereocenters. The van der Waals surface area contributed by atoms with Crippen LogP contribution >= 0.6 is 0 Å². The summed E-state index contributed by atoms with van der Waals surface area (Å²) in [4.78, 5) is 11.2. The molecule has 0 aromatic heterocycles. The van der Waals surface area contributed by atoms with Crippen molar-refractivity contribution < 1.29 is 19.4 Å². The average Bonchev–Trinajstić information content (AvgIpc) is 2.34. The number of hydrogen-bond acceptors (Lipinski definition) is 4. The standard InChI is InChI=1S/C13H18O4/c1-10(15)11-5-6-12(16-2)13(9-11)17-8-4-3-7-14/h5-6,9,14H,3-4,7-8H2,1-2H3. The van der Waals surface area contributed by atoms with E-state index in [9.17, 15) is 4.79 Å². The largest absolute Gasteiger partial charge is 0.493 e. The van der Waals surface area contributed by atoms with Crippen LogP contribution in [-0.2, 0) is 0 Å². The van der Waals surface area contributed by atoms with Crippen molar-refractivity contribution in [1.29, 1.82) is 0 Å². The molecule has 94 valence electrons. The third-order valence-corrected chi connectivity index (χ3v) is 2.38. The van der Waals surface area contributed by atoms with Crippen molar-refractivity contribution in [2.45, 2.75) is 19.8 Å². The first kappa shape index (κ1) is 13.5. The van der Waals surface area contributed by atoms with Crippen LogP contribution in [0.1, 0.15) is 30.1 Å². The quantitative estimate of drug-likeness (QED) is 0.583. The van der Waals surface area contributed by atoms with Crippen LogP contribution in [-0.4, -0.2) is 31.2 Å². The van der Waals surface area contributed by atoms with Crippen molar-refractivity contribution in [2.24, 2.45) is 0 Å². The van der Waals surface area contributed by atoms with Gasteiger partial charge in [-0.1, -0.05) is 0 Å². The zero-order valence-electron chi connectivity index (χ0n) is 10.2. The van der Waals surface area contributed by atoms with Gasteiger partial charge in [0.05, 0.1) is 13.7 Å². The molecule has 0 aliphatic rings. The van der Waals surface area contributed by atoms with Crippen molar-refractivity contribution in [1.82, 2.24) is 0 Å². The van der Waals surface area contributed by atoms with E-state index < -0.39 is 0 Å². The Hall–Kier alpha value is -1.55. The lowest BCUT2D eigenvalue weighted by molar-refractivity contribution is 0.101. The van der Waals surface area contributed by atoms with Gasteiger partial charge < -0.3 is 14.6 Å². The number of aliphatic hydroxyl groups is 1. The molecule has 1 N–H and O–H groups in total. The number of hydrogen-bond donors (Lipinski definition) is 1. The van der Waals surface area contributed by atoms with Gasteiger partial charge in [-0.3, -0.25) is 4.79 Å². The highest BCUT2D eigenvalue weighted by atomic mass is 16.5. The third kappa shape index (κ3) is 4.07. The van der Waals surface area contributed by atoms with E-state index >= 15 is 0 Å². The molecule has 0 spiro atoms. The first-order valence-corrected chi connectivity index (χ1v) is 5.61. The van der Waals surface area contributed by atoms with Gasteiger partial charge in [0, 0.05) is 12.2 Å². The van der Waals surface area contributed by atoms with Gasteiger partial charge in [-0.25, -0.2) is 0 Å². The SMILES string of the molecule is COc1ccc(C(C)=O)cc1OCCCCO. The minimum absolute atomic E-state index is 0.00661. The number of unbranched alkanes of at least 4 members (excludes halogenated alkanes) is 1. The molecule has 0 aliphatic carbocycles. The van der Waals surface area contributed by atoms with Crippen LogP contribution in [0, 0.1) is 0 Å². The Morgan fingerprint density at radius 1 is 1.29 bits per heavy atom. The fourth-order valence-corrected chi connectivity index (χ4v) is 1.40. The van der Waals surface area contributed by atoms with Crippen LogP contribution in [0.25, 0.3) is 0 Å². The summed E-state index contributed by atoms with van der Waals surface area (Å²) in [6.07, 6.45) is 1.47. The van der Waals surface area contributed by atoms with Crippen LogP contribution < -0.4 is 9.47 Å². The highest BCUT2D eigenvalue weighted by Crippen LogP contribution is 2.28. The van der Waals surface area contributed by atoms with Crippen molar-refractivity contribution in [3.63, 3.8) is 0 Å². The van der Waals surface area contributed by atoms with Crippen LogP contribution in [0.5, 0.6) is 11.5 Å².